The smallest absolute Gasteiger partial charge is 0.304 e. The van der Waals surface area contributed by atoms with E-state index >= 15 is 0 Å². The molecule has 0 aliphatic carbocycles. The van der Waals surface area contributed by atoms with E-state index < -0.39 is 5.97 Å². The number of likely N-dealkylation sites (tertiary alicyclic amines) is 2. The molecule has 1 N–H and O–H groups in total. The Labute approximate surface area is 154 Å². The van der Waals surface area contributed by atoms with Crippen molar-refractivity contribution in [2.24, 2.45) is 11.8 Å². The summed E-state index contributed by atoms with van der Waals surface area (Å²) in [6, 6.07) is 0. The van der Waals surface area contributed by atoms with E-state index in [1.165, 1.54) is 70.2 Å². The maximum atomic E-state index is 10.7. The Morgan fingerprint density at radius 2 is 1.36 bits per heavy atom. The van der Waals surface area contributed by atoms with E-state index in [0.29, 0.717) is 0 Å². The first-order chi connectivity index (χ1) is 12.0. The Morgan fingerprint density at radius 1 is 0.920 bits per heavy atom. The predicted octanol–water partition coefficient (Wildman–Crippen LogP) is 4.02. The number of carboxylic acid groups (broad SMARTS) is 1. The van der Waals surface area contributed by atoms with Gasteiger partial charge < -0.3 is 14.9 Å². The molecule has 0 unspecified atom stereocenters. The van der Waals surface area contributed by atoms with Gasteiger partial charge in [-0.05, 0) is 77.0 Å². The third-order valence-electron chi connectivity index (χ3n) is 6.14. The fraction of sp³-hybridized carbons (Fsp3) is 0.857. The third-order valence-corrected chi connectivity index (χ3v) is 6.14. The molecule has 4 nitrogen and oxygen atoms in total. The zero-order chi connectivity index (χ0) is 18.1. The van der Waals surface area contributed by atoms with Crippen molar-refractivity contribution < 1.29 is 9.90 Å². The molecule has 0 saturated carbocycles. The number of rotatable bonds is 10. The summed E-state index contributed by atoms with van der Waals surface area (Å²) in [5, 5.41) is 8.77. The van der Waals surface area contributed by atoms with Gasteiger partial charge in [-0.1, -0.05) is 24.8 Å². The van der Waals surface area contributed by atoms with Crippen LogP contribution in [0.5, 0.6) is 0 Å². The highest BCUT2D eigenvalue weighted by Crippen LogP contribution is 2.27. The summed E-state index contributed by atoms with van der Waals surface area (Å²) in [6.45, 7) is 12.8. The second kappa shape index (κ2) is 11.0. The molecule has 0 spiro atoms. The lowest BCUT2D eigenvalue weighted by atomic mass is 9.87. The third kappa shape index (κ3) is 8.37. The zero-order valence-electron chi connectivity index (χ0n) is 16.2. The molecule has 2 fully saturated rings. The number of carbonyl (C=O) groups is 1. The Morgan fingerprint density at radius 3 is 1.76 bits per heavy atom. The molecule has 0 aromatic rings. The van der Waals surface area contributed by atoms with Crippen LogP contribution in [0.25, 0.3) is 0 Å². The van der Waals surface area contributed by atoms with Crippen LogP contribution >= 0.6 is 0 Å². The van der Waals surface area contributed by atoms with Crippen molar-refractivity contribution in [3.63, 3.8) is 0 Å². The lowest BCUT2D eigenvalue weighted by molar-refractivity contribution is -0.137. The van der Waals surface area contributed by atoms with Crippen molar-refractivity contribution in [1.29, 1.82) is 0 Å². The van der Waals surface area contributed by atoms with Gasteiger partial charge in [0.2, 0.25) is 0 Å². The highest BCUT2D eigenvalue weighted by molar-refractivity contribution is 5.66. The van der Waals surface area contributed by atoms with Crippen LogP contribution in [0.15, 0.2) is 12.2 Å². The number of nitrogens with zero attached hydrogens (tertiary/aromatic N) is 2. The first kappa shape index (κ1) is 20.4. The zero-order valence-corrected chi connectivity index (χ0v) is 16.2. The van der Waals surface area contributed by atoms with Gasteiger partial charge in [0.25, 0.3) is 0 Å². The van der Waals surface area contributed by atoms with Gasteiger partial charge >= 0.3 is 5.97 Å². The second-order valence-corrected chi connectivity index (χ2v) is 8.35. The predicted molar refractivity (Wildman–Crippen MR) is 104 cm³/mol. The summed E-state index contributed by atoms with van der Waals surface area (Å²) >= 11 is 0. The highest BCUT2D eigenvalue weighted by atomic mass is 16.4. The molecule has 0 radical (unpaired) electrons. The summed E-state index contributed by atoms with van der Waals surface area (Å²) in [4.78, 5) is 15.6. The topological polar surface area (TPSA) is 43.8 Å². The minimum Gasteiger partial charge on any atom is -0.481 e. The first-order valence-electron chi connectivity index (χ1n) is 10.3. The van der Waals surface area contributed by atoms with E-state index in [1.807, 2.05) is 0 Å². The van der Waals surface area contributed by atoms with Crippen molar-refractivity contribution in [2.45, 2.75) is 64.7 Å². The monoisotopic (exact) mass is 350 g/mol. The summed E-state index contributed by atoms with van der Waals surface area (Å²) in [5.74, 6) is 1.14. The van der Waals surface area contributed by atoms with Crippen LogP contribution in [0, 0.1) is 11.8 Å². The van der Waals surface area contributed by atoms with E-state index in [9.17, 15) is 4.79 Å². The van der Waals surface area contributed by atoms with Gasteiger partial charge in [-0.15, -0.1) is 6.58 Å². The summed E-state index contributed by atoms with van der Waals surface area (Å²) in [6.07, 6.45) is 10.9. The van der Waals surface area contributed by atoms with Crippen molar-refractivity contribution in [2.75, 3.05) is 39.3 Å². The molecule has 144 valence electrons. The molecule has 2 saturated heterocycles. The van der Waals surface area contributed by atoms with Crippen molar-refractivity contribution in [3.8, 4) is 0 Å². The summed E-state index contributed by atoms with van der Waals surface area (Å²) in [5.41, 5.74) is 1.30. The van der Waals surface area contributed by atoms with E-state index in [2.05, 4.69) is 23.3 Å². The Bertz CT molecular complexity index is 370. The van der Waals surface area contributed by atoms with E-state index in [0.717, 1.165) is 37.9 Å². The molecular formula is C21H38N2O2. The largest absolute Gasteiger partial charge is 0.481 e. The van der Waals surface area contributed by atoms with Crippen molar-refractivity contribution in [1.82, 2.24) is 9.80 Å². The van der Waals surface area contributed by atoms with Crippen LogP contribution in [0.4, 0.5) is 0 Å². The van der Waals surface area contributed by atoms with Gasteiger partial charge in [0.05, 0.1) is 6.42 Å². The van der Waals surface area contributed by atoms with E-state index in [-0.39, 0.29) is 6.42 Å². The molecule has 25 heavy (non-hydrogen) atoms. The van der Waals surface area contributed by atoms with Crippen LogP contribution < -0.4 is 0 Å². The SMILES string of the molecule is C=C(C)CCN1CCC(CCCC2CCN(CCC(=O)O)CC2)CC1. The summed E-state index contributed by atoms with van der Waals surface area (Å²) < 4.78 is 0. The fourth-order valence-corrected chi connectivity index (χ4v) is 4.30. The molecule has 2 aliphatic heterocycles. The van der Waals surface area contributed by atoms with Gasteiger partial charge in [-0.2, -0.15) is 0 Å². The lowest BCUT2D eigenvalue weighted by Crippen LogP contribution is -2.35. The number of aliphatic carboxylic acids is 1. The Kier molecular flexibility index (Phi) is 8.97. The Balaban J connectivity index is 1.50. The number of carboxylic acids is 1. The first-order valence-corrected chi connectivity index (χ1v) is 10.3. The van der Waals surface area contributed by atoms with Gasteiger partial charge in [0.1, 0.15) is 0 Å². The number of piperidine rings is 2. The molecule has 2 rings (SSSR count). The highest BCUT2D eigenvalue weighted by Gasteiger charge is 2.21. The molecule has 0 aromatic carbocycles. The average molecular weight is 351 g/mol. The fourth-order valence-electron chi connectivity index (χ4n) is 4.30. The van der Waals surface area contributed by atoms with Crippen LogP contribution in [-0.2, 0) is 4.79 Å². The molecule has 2 aliphatic rings. The van der Waals surface area contributed by atoms with Crippen LogP contribution in [0.1, 0.15) is 64.7 Å². The van der Waals surface area contributed by atoms with E-state index in [4.69, 9.17) is 5.11 Å². The molecule has 2 heterocycles. The minimum atomic E-state index is -0.673. The van der Waals surface area contributed by atoms with Gasteiger partial charge in [0.15, 0.2) is 0 Å². The van der Waals surface area contributed by atoms with Gasteiger partial charge in [0, 0.05) is 13.1 Å². The van der Waals surface area contributed by atoms with Gasteiger partial charge in [-0.25, -0.2) is 0 Å². The normalized spacial score (nSPS) is 21.5. The molecule has 0 amide bonds. The molecule has 0 aromatic heterocycles. The van der Waals surface area contributed by atoms with Crippen molar-refractivity contribution in [3.05, 3.63) is 12.2 Å². The molecule has 0 bridgehead atoms. The quantitative estimate of drug-likeness (QED) is 0.604. The maximum absolute atomic E-state index is 10.7. The molecular weight excluding hydrogens is 312 g/mol. The van der Waals surface area contributed by atoms with E-state index in [1.54, 1.807) is 0 Å². The lowest BCUT2D eigenvalue weighted by Gasteiger charge is -2.33. The van der Waals surface area contributed by atoms with Crippen LogP contribution in [-0.4, -0.2) is 60.1 Å². The molecule has 4 heteroatoms. The average Bonchev–Trinajstić information content (AvgIpc) is 2.60. The summed E-state index contributed by atoms with van der Waals surface area (Å²) in [7, 11) is 0. The standard InChI is InChI=1S/C21H38N2O2/c1-18(2)6-12-22-13-7-19(8-14-22)4-3-5-20-9-15-23(16-10-20)17-11-21(24)25/h19-20H,1,3-17H2,2H3,(H,24,25). The molecule has 0 atom stereocenters. The maximum Gasteiger partial charge on any atom is 0.304 e. The second-order valence-electron chi connectivity index (χ2n) is 8.35. The van der Waals surface area contributed by atoms with Crippen LogP contribution in [0.2, 0.25) is 0 Å². The number of hydrogen-bond acceptors (Lipinski definition) is 3. The number of hydrogen-bond donors (Lipinski definition) is 1. The van der Waals surface area contributed by atoms with Crippen molar-refractivity contribution >= 4 is 5.97 Å². The Hall–Kier alpha value is -0.870. The minimum absolute atomic E-state index is 0.287. The van der Waals surface area contributed by atoms with Crippen LogP contribution in [0.3, 0.4) is 0 Å². The van der Waals surface area contributed by atoms with Gasteiger partial charge in [-0.3, -0.25) is 4.79 Å².